The summed E-state index contributed by atoms with van der Waals surface area (Å²) in [5.74, 6) is 1.05. The molecule has 0 aromatic heterocycles. The number of hydrogen-bond donors (Lipinski definition) is 1. The first-order valence-corrected chi connectivity index (χ1v) is 4.97. The van der Waals surface area contributed by atoms with Crippen molar-refractivity contribution in [2.75, 3.05) is 25.2 Å². The number of β-amino-alcohol motifs (C(OH)–C–C–N with tert-alkyl or cyclic N) is 1. The molecule has 0 aromatic carbocycles. The van der Waals surface area contributed by atoms with Crippen molar-refractivity contribution in [2.45, 2.75) is 18.9 Å². The van der Waals surface area contributed by atoms with Gasteiger partial charge in [0.15, 0.2) is 0 Å². The lowest BCUT2D eigenvalue weighted by atomic mass is 10.1. The van der Waals surface area contributed by atoms with Crippen LogP contribution >= 0.6 is 11.8 Å². The number of likely N-dealkylation sites (tertiary alicyclic amines) is 1. The zero-order chi connectivity index (χ0) is 7.61. The lowest BCUT2D eigenvalue weighted by Crippen LogP contribution is -2.29. The molecule has 1 unspecified atom stereocenters. The van der Waals surface area contributed by atoms with Crippen molar-refractivity contribution in [1.29, 1.82) is 0 Å². The molecule has 0 bridgehead atoms. The molecule has 0 spiro atoms. The van der Waals surface area contributed by atoms with Gasteiger partial charge in [-0.2, -0.15) is 0 Å². The van der Waals surface area contributed by atoms with Crippen LogP contribution in [0.15, 0.2) is 0 Å². The van der Waals surface area contributed by atoms with E-state index in [1.54, 1.807) is 0 Å². The predicted molar refractivity (Wildman–Crippen MR) is 45.2 cm³/mol. The van der Waals surface area contributed by atoms with Gasteiger partial charge < -0.3 is 5.11 Å². The Bertz CT molecular complexity index is 116. The van der Waals surface area contributed by atoms with E-state index in [0.717, 1.165) is 25.4 Å². The SMILES string of the molecule is CSCN1CCC(C)(O)C1. The average Bonchev–Trinajstić information content (AvgIpc) is 2.12. The predicted octanol–water partition coefficient (Wildman–Crippen LogP) is 0.764. The minimum absolute atomic E-state index is 0.421. The molecule has 10 heavy (non-hydrogen) atoms. The zero-order valence-electron chi connectivity index (χ0n) is 6.63. The molecule has 1 aliphatic rings. The quantitative estimate of drug-likeness (QED) is 0.647. The van der Waals surface area contributed by atoms with Gasteiger partial charge in [0, 0.05) is 19.0 Å². The standard InChI is InChI=1S/C7H15NOS/c1-7(9)3-4-8(5-7)6-10-2/h9H,3-6H2,1-2H3. The summed E-state index contributed by atoms with van der Waals surface area (Å²) in [7, 11) is 0. The first-order chi connectivity index (χ1) is 4.64. The Morgan fingerprint density at radius 1 is 1.70 bits per heavy atom. The van der Waals surface area contributed by atoms with Gasteiger partial charge in [0.05, 0.1) is 5.60 Å². The molecule has 0 radical (unpaired) electrons. The maximum Gasteiger partial charge on any atom is 0.0758 e. The highest BCUT2D eigenvalue weighted by Gasteiger charge is 2.30. The molecule has 1 atom stereocenters. The van der Waals surface area contributed by atoms with Crippen LogP contribution in [-0.4, -0.2) is 40.8 Å². The molecule has 60 valence electrons. The van der Waals surface area contributed by atoms with Gasteiger partial charge in [-0.1, -0.05) is 0 Å². The van der Waals surface area contributed by atoms with E-state index in [9.17, 15) is 5.11 Å². The van der Waals surface area contributed by atoms with E-state index in [0.29, 0.717) is 0 Å². The van der Waals surface area contributed by atoms with Crippen LogP contribution in [0.4, 0.5) is 0 Å². The van der Waals surface area contributed by atoms with E-state index in [1.807, 2.05) is 18.7 Å². The molecular weight excluding hydrogens is 146 g/mol. The van der Waals surface area contributed by atoms with E-state index in [4.69, 9.17) is 0 Å². The first-order valence-electron chi connectivity index (χ1n) is 3.58. The molecule has 1 saturated heterocycles. The lowest BCUT2D eigenvalue weighted by molar-refractivity contribution is 0.0712. The normalized spacial score (nSPS) is 35.1. The lowest BCUT2D eigenvalue weighted by Gasteiger charge is -2.17. The Balaban J connectivity index is 2.29. The van der Waals surface area contributed by atoms with E-state index >= 15 is 0 Å². The maximum atomic E-state index is 9.54. The number of thioether (sulfide) groups is 1. The van der Waals surface area contributed by atoms with Crippen molar-refractivity contribution in [2.24, 2.45) is 0 Å². The summed E-state index contributed by atoms with van der Waals surface area (Å²) in [6.45, 7) is 3.80. The molecule has 0 amide bonds. The minimum Gasteiger partial charge on any atom is -0.389 e. The Kier molecular flexibility index (Phi) is 2.61. The molecule has 0 aromatic rings. The highest BCUT2D eigenvalue weighted by Crippen LogP contribution is 2.20. The molecule has 1 heterocycles. The summed E-state index contributed by atoms with van der Waals surface area (Å²) in [5.41, 5.74) is -0.421. The summed E-state index contributed by atoms with van der Waals surface area (Å²) in [5, 5.41) is 9.54. The second-order valence-electron chi connectivity index (χ2n) is 3.22. The number of nitrogens with zero attached hydrogens (tertiary/aromatic N) is 1. The molecule has 1 fully saturated rings. The number of hydrogen-bond acceptors (Lipinski definition) is 3. The fraction of sp³-hybridized carbons (Fsp3) is 1.00. The van der Waals surface area contributed by atoms with Crippen molar-refractivity contribution in [3.63, 3.8) is 0 Å². The zero-order valence-corrected chi connectivity index (χ0v) is 7.45. The highest BCUT2D eigenvalue weighted by molar-refractivity contribution is 7.98. The van der Waals surface area contributed by atoms with Crippen molar-refractivity contribution >= 4 is 11.8 Å². The fourth-order valence-electron chi connectivity index (χ4n) is 1.33. The van der Waals surface area contributed by atoms with Crippen molar-refractivity contribution in [3.8, 4) is 0 Å². The number of rotatable bonds is 2. The second-order valence-corrected chi connectivity index (χ2v) is 4.05. The van der Waals surface area contributed by atoms with Crippen molar-refractivity contribution in [1.82, 2.24) is 4.90 Å². The van der Waals surface area contributed by atoms with Gasteiger partial charge in [0.1, 0.15) is 0 Å². The average molecular weight is 161 g/mol. The van der Waals surface area contributed by atoms with Gasteiger partial charge >= 0.3 is 0 Å². The third kappa shape index (κ3) is 2.15. The van der Waals surface area contributed by atoms with Crippen LogP contribution < -0.4 is 0 Å². The largest absolute Gasteiger partial charge is 0.389 e. The van der Waals surface area contributed by atoms with Gasteiger partial charge in [-0.05, 0) is 19.6 Å². The van der Waals surface area contributed by atoms with Crippen molar-refractivity contribution < 1.29 is 5.11 Å². The first kappa shape index (κ1) is 8.37. The molecule has 2 nitrogen and oxygen atoms in total. The van der Waals surface area contributed by atoms with E-state index in [-0.39, 0.29) is 0 Å². The van der Waals surface area contributed by atoms with Gasteiger partial charge in [-0.25, -0.2) is 0 Å². The van der Waals surface area contributed by atoms with Gasteiger partial charge in [0.2, 0.25) is 0 Å². The summed E-state index contributed by atoms with van der Waals surface area (Å²) >= 11 is 1.81. The Hall–Kier alpha value is 0.270. The molecule has 1 N–H and O–H groups in total. The molecule has 0 saturated carbocycles. The summed E-state index contributed by atoms with van der Waals surface area (Å²) in [6, 6.07) is 0. The Morgan fingerprint density at radius 3 is 2.80 bits per heavy atom. The van der Waals surface area contributed by atoms with Crippen LogP contribution in [0, 0.1) is 0 Å². The third-order valence-corrected chi connectivity index (χ3v) is 2.47. The molecule has 1 rings (SSSR count). The van der Waals surface area contributed by atoms with Gasteiger partial charge in [-0.3, -0.25) is 4.90 Å². The van der Waals surface area contributed by atoms with Crippen LogP contribution in [-0.2, 0) is 0 Å². The molecule has 0 aliphatic carbocycles. The second kappa shape index (κ2) is 3.11. The number of aliphatic hydroxyl groups is 1. The third-order valence-electron chi connectivity index (χ3n) is 1.84. The summed E-state index contributed by atoms with van der Waals surface area (Å²) < 4.78 is 0. The van der Waals surface area contributed by atoms with E-state index in [1.165, 1.54) is 0 Å². The molecule has 3 heteroatoms. The topological polar surface area (TPSA) is 23.5 Å². The Morgan fingerprint density at radius 2 is 2.40 bits per heavy atom. The van der Waals surface area contributed by atoms with Gasteiger partial charge in [0.25, 0.3) is 0 Å². The van der Waals surface area contributed by atoms with Crippen LogP contribution in [0.3, 0.4) is 0 Å². The monoisotopic (exact) mass is 161 g/mol. The van der Waals surface area contributed by atoms with Gasteiger partial charge in [-0.15, -0.1) is 11.8 Å². The van der Waals surface area contributed by atoms with Crippen LogP contribution in [0.5, 0.6) is 0 Å². The summed E-state index contributed by atoms with van der Waals surface area (Å²) in [6.07, 6.45) is 3.01. The highest BCUT2D eigenvalue weighted by atomic mass is 32.2. The molecular formula is C7H15NOS. The van der Waals surface area contributed by atoms with Crippen LogP contribution in [0.25, 0.3) is 0 Å². The van der Waals surface area contributed by atoms with E-state index in [2.05, 4.69) is 11.2 Å². The maximum absolute atomic E-state index is 9.54. The van der Waals surface area contributed by atoms with Crippen molar-refractivity contribution in [3.05, 3.63) is 0 Å². The smallest absolute Gasteiger partial charge is 0.0758 e. The fourth-order valence-corrected chi connectivity index (χ4v) is 1.92. The van der Waals surface area contributed by atoms with Crippen LogP contribution in [0.1, 0.15) is 13.3 Å². The van der Waals surface area contributed by atoms with E-state index < -0.39 is 5.60 Å². The van der Waals surface area contributed by atoms with Crippen LogP contribution in [0.2, 0.25) is 0 Å². The minimum atomic E-state index is -0.421. The Labute approximate surface area is 66.6 Å². The molecule has 1 aliphatic heterocycles. The summed E-state index contributed by atoms with van der Waals surface area (Å²) in [4.78, 5) is 2.28.